The highest BCUT2D eigenvalue weighted by Crippen LogP contribution is 2.33. The average Bonchev–Trinajstić information content (AvgIpc) is 3.50. The number of nitrogens with zero attached hydrogens (tertiary/aromatic N) is 5. The third-order valence-electron chi connectivity index (χ3n) is 5.42. The first-order valence-electron chi connectivity index (χ1n) is 10.2. The molecule has 3 aromatic heterocycles. The molecule has 0 amide bonds. The van der Waals surface area contributed by atoms with E-state index in [1.807, 2.05) is 43.3 Å². The Balaban J connectivity index is 1.23. The Labute approximate surface area is 189 Å². The van der Waals surface area contributed by atoms with Gasteiger partial charge >= 0.3 is 0 Å². The summed E-state index contributed by atoms with van der Waals surface area (Å²) in [6, 6.07) is 13.9. The molecule has 1 saturated heterocycles. The van der Waals surface area contributed by atoms with Crippen molar-refractivity contribution in [1.29, 1.82) is 0 Å². The number of aryl methyl sites for hydroxylation is 1. The lowest BCUT2D eigenvalue weighted by atomic mass is 10.1. The standard InChI is InChI=1S/C22H22ClN5O2S/c1-15-20(21(26-30-15)16-5-3-2-4-6-16)22-25-24-19(29-22)14-28-11-9-27(10-12-28)13-17-7-8-18(23)31-17/h2-8H,9-14H2,1H3. The zero-order valence-corrected chi connectivity index (χ0v) is 18.7. The summed E-state index contributed by atoms with van der Waals surface area (Å²) >= 11 is 7.69. The van der Waals surface area contributed by atoms with Gasteiger partial charge in [-0.15, -0.1) is 21.5 Å². The summed E-state index contributed by atoms with van der Waals surface area (Å²) in [6.45, 7) is 7.36. The van der Waals surface area contributed by atoms with Crippen LogP contribution < -0.4 is 0 Å². The third-order valence-corrected chi connectivity index (χ3v) is 6.64. The van der Waals surface area contributed by atoms with Crippen LogP contribution in [0.5, 0.6) is 0 Å². The van der Waals surface area contributed by atoms with Crippen LogP contribution >= 0.6 is 22.9 Å². The normalized spacial score (nSPS) is 15.5. The molecular formula is C22H22ClN5O2S. The molecular weight excluding hydrogens is 434 g/mol. The minimum absolute atomic E-state index is 0.445. The van der Waals surface area contributed by atoms with Crippen LogP contribution in [0.4, 0.5) is 0 Å². The Kier molecular flexibility index (Phi) is 5.87. The topological polar surface area (TPSA) is 71.4 Å². The summed E-state index contributed by atoms with van der Waals surface area (Å²) in [5.41, 5.74) is 2.43. The van der Waals surface area contributed by atoms with E-state index in [9.17, 15) is 0 Å². The van der Waals surface area contributed by atoms with Gasteiger partial charge in [-0.1, -0.05) is 47.1 Å². The zero-order valence-electron chi connectivity index (χ0n) is 17.1. The van der Waals surface area contributed by atoms with Crippen molar-refractivity contribution in [2.45, 2.75) is 20.0 Å². The maximum Gasteiger partial charge on any atom is 0.253 e. The van der Waals surface area contributed by atoms with Crippen molar-refractivity contribution in [3.8, 4) is 22.7 Å². The zero-order chi connectivity index (χ0) is 21.2. The maximum absolute atomic E-state index is 6.04. The van der Waals surface area contributed by atoms with E-state index in [-0.39, 0.29) is 0 Å². The fourth-order valence-electron chi connectivity index (χ4n) is 3.79. The quantitative estimate of drug-likeness (QED) is 0.416. The second-order valence-corrected chi connectivity index (χ2v) is 9.39. The molecule has 1 aliphatic heterocycles. The SMILES string of the molecule is Cc1onc(-c2ccccc2)c1-c1nnc(CN2CCN(Cc3ccc(Cl)s3)CC2)o1. The highest BCUT2D eigenvalue weighted by atomic mass is 35.5. The van der Waals surface area contributed by atoms with Crippen molar-refractivity contribution in [3.63, 3.8) is 0 Å². The first kappa shape index (κ1) is 20.4. The van der Waals surface area contributed by atoms with E-state index in [0.717, 1.165) is 53.9 Å². The second kappa shape index (κ2) is 8.92. The average molecular weight is 456 g/mol. The monoisotopic (exact) mass is 455 g/mol. The van der Waals surface area contributed by atoms with Crippen LogP contribution in [0.25, 0.3) is 22.7 Å². The Bertz CT molecular complexity index is 1150. The van der Waals surface area contributed by atoms with E-state index in [1.165, 1.54) is 4.88 Å². The van der Waals surface area contributed by atoms with Gasteiger partial charge in [-0.25, -0.2) is 0 Å². The fraction of sp³-hybridized carbons (Fsp3) is 0.318. The molecule has 0 saturated carbocycles. The molecule has 31 heavy (non-hydrogen) atoms. The number of piperazine rings is 1. The largest absolute Gasteiger partial charge is 0.419 e. The summed E-state index contributed by atoms with van der Waals surface area (Å²) in [6.07, 6.45) is 0. The van der Waals surface area contributed by atoms with Gasteiger partial charge in [0, 0.05) is 43.2 Å². The molecule has 9 heteroatoms. The van der Waals surface area contributed by atoms with Crippen LogP contribution in [0, 0.1) is 6.92 Å². The minimum atomic E-state index is 0.445. The van der Waals surface area contributed by atoms with E-state index in [0.29, 0.717) is 24.1 Å². The lowest BCUT2D eigenvalue weighted by Gasteiger charge is -2.33. The molecule has 0 unspecified atom stereocenters. The van der Waals surface area contributed by atoms with Crippen LogP contribution in [0.3, 0.4) is 0 Å². The van der Waals surface area contributed by atoms with Crippen molar-refractivity contribution < 1.29 is 8.94 Å². The number of benzene rings is 1. The maximum atomic E-state index is 6.04. The molecule has 160 valence electrons. The van der Waals surface area contributed by atoms with Gasteiger partial charge in [-0.3, -0.25) is 9.80 Å². The Morgan fingerprint density at radius 3 is 2.42 bits per heavy atom. The van der Waals surface area contributed by atoms with Gasteiger partial charge in [0.15, 0.2) is 0 Å². The summed E-state index contributed by atoms with van der Waals surface area (Å²) in [7, 11) is 0. The number of aromatic nitrogens is 3. The molecule has 4 heterocycles. The predicted molar refractivity (Wildman–Crippen MR) is 120 cm³/mol. The Morgan fingerprint density at radius 1 is 0.968 bits per heavy atom. The Hall–Kier alpha value is -2.52. The number of rotatable bonds is 6. The second-order valence-electron chi connectivity index (χ2n) is 7.59. The Morgan fingerprint density at radius 2 is 1.71 bits per heavy atom. The molecule has 0 spiro atoms. The van der Waals surface area contributed by atoms with Crippen molar-refractivity contribution in [2.24, 2.45) is 0 Å². The van der Waals surface area contributed by atoms with Crippen molar-refractivity contribution >= 4 is 22.9 Å². The first-order chi connectivity index (χ1) is 15.2. The van der Waals surface area contributed by atoms with Gasteiger partial charge in [-0.2, -0.15) is 0 Å². The lowest BCUT2D eigenvalue weighted by Crippen LogP contribution is -2.45. The summed E-state index contributed by atoms with van der Waals surface area (Å²) in [5, 5.41) is 12.8. The van der Waals surface area contributed by atoms with E-state index < -0.39 is 0 Å². The van der Waals surface area contributed by atoms with Gasteiger partial charge in [0.1, 0.15) is 17.0 Å². The van der Waals surface area contributed by atoms with E-state index in [2.05, 4.69) is 31.2 Å². The van der Waals surface area contributed by atoms with E-state index in [1.54, 1.807) is 11.3 Å². The molecule has 0 aliphatic carbocycles. The summed E-state index contributed by atoms with van der Waals surface area (Å²) in [5.74, 6) is 1.71. The molecule has 1 aliphatic rings. The number of hydrogen-bond acceptors (Lipinski definition) is 8. The predicted octanol–water partition coefficient (Wildman–Crippen LogP) is 4.73. The number of hydrogen-bond donors (Lipinski definition) is 0. The van der Waals surface area contributed by atoms with Gasteiger partial charge in [0.2, 0.25) is 5.89 Å². The molecule has 1 fully saturated rings. The van der Waals surface area contributed by atoms with Gasteiger partial charge in [-0.05, 0) is 19.1 Å². The summed E-state index contributed by atoms with van der Waals surface area (Å²) in [4.78, 5) is 6.09. The number of thiophene rings is 1. The van der Waals surface area contributed by atoms with Crippen LogP contribution in [0.2, 0.25) is 4.34 Å². The van der Waals surface area contributed by atoms with Crippen LogP contribution in [0.15, 0.2) is 51.4 Å². The van der Waals surface area contributed by atoms with Gasteiger partial charge in [0.25, 0.3) is 5.89 Å². The molecule has 0 bridgehead atoms. The van der Waals surface area contributed by atoms with E-state index in [4.69, 9.17) is 20.5 Å². The van der Waals surface area contributed by atoms with Gasteiger partial charge < -0.3 is 8.94 Å². The minimum Gasteiger partial charge on any atom is -0.419 e. The van der Waals surface area contributed by atoms with Crippen LogP contribution in [-0.2, 0) is 13.1 Å². The van der Waals surface area contributed by atoms with Crippen LogP contribution in [0.1, 0.15) is 16.5 Å². The smallest absolute Gasteiger partial charge is 0.253 e. The summed E-state index contributed by atoms with van der Waals surface area (Å²) < 4.78 is 12.3. The van der Waals surface area contributed by atoms with Crippen molar-refractivity contribution in [3.05, 3.63) is 63.3 Å². The molecule has 4 aromatic rings. The van der Waals surface area contributed by atoms with Crippen molar-refractivity contribution in [2.75, 3.05) is 26.2 Å². The third kappa shape index (κ3) is 4.57. The molecule has 7 nitrogen and oxygen atoms in total. The highest BCUT2D eigenvalue weighted by molar-refractivity contribution is 7.16. The van der Waals surface area contributed by atoms with Crippen molar-refractivity contribution in [1.82, 2.24) is 25.2 Å². The molecule has 5 rings (SSSR count). The first-order valence-corrected chi connectivity index (χ1v) is 11.4. The molecule has 0 radical (unpaired) electrons. The number of halogens is 1. The highest BCUT2D eigenvalue weighted by Gasteiger charge is 2.24. The molecule has 0 atom stereocenters. The molecule has 1 aromatic carbocycles. The van der Waals surface area contributed by atoms with Gasteiger partial charge in [0.05, 0.1) is 10.9 Å². The lowest BCUT2D eigenvalue weighted by molar-refractivity contribution is 0.115. The fourth-order valence-corrected chi connectivity index (χ4v) is 4.92. The molecule has 0 N–H and O–H groups in total. The van der Waals surface area contributed by atoms with E-state index >= 15 is 0 Å². The van der Waals surface area contributed by atoms with Crippen LogP contribution in [-0.4, -0.2) is 51.3 Å².